The molecule has 0 heterocycles. The number of hydrogen-bond acceptors (Lipinski definition) is 4. The largest absolute Gasteiger partial charge is 0.508 e. The Morgan fingerprint density at radius 1 is 1.42 bits per heavy atom. The summed E-state index contributed by atoms with van der Waals surface area (Å²) in [6.07, 6.45) is 1.81. The van der Waals surface area contributed by atoms with Crippen LogP contribution in [0.4, 0.5) is 0 Å². The first kappa shape index (κ1) is 18.5. The third-order valence-corrected chi connectivity index (χ3v) is 5.40. The summed E-state index contributed by atoms with van der Waals surface area (Å²) in [5.41, 5.74) is 7.66. The number of hydrogen-bond donors (Lipinski definition) is 4. The van der Waals surface area contributed by atoms with Gasteiger partial charge in [-0.2, -0.15) is 0 Å². The summed E-state index contributed by atoms with van der Waals surface area (Å²) in [7, 11) is 0. The van der Waals surface area contributed by atoms with E-state index in [1.54, 1.807) is 25.1 Å². The normalized spacial score (nSPS) is 25.2. The van der Waals surface area contributed by atoms with Gasteiger partial charge < -0.3 is 21.3 Å². The van der Waals surface area contributed by atoms with Gasteiger partial charge in [0.25, 0.3) is 0 Å². The molecule has 0 aliphatic heterocycles. The number of alkyl halides is 1. The summed E-state index contributed by atoms with van der Waals surface area (Å²) < 4.78 is 0. The smallest absolute Gasteiger partial charge is 0.326 e. The second-order valence-electron chi connectivity index (χ2n) is 6.06. The molecule has 1 aliphatic rings. The second kappa shape index (κ2) is 6.95. The van der Waals surface area contributed by atoms with Crippen LogP contribution in [0.15, 0.2) is 46.8 Å². The molecule has 5 nitrogen and oxygen atoms in total. The number of allylic oxidation sites excluding steroid dienone is 3. The Balaban J connectivity index is 2.23. The molecule has 1 aliphatic carbocycles. The number of aliphatic carboxylic acids is 1. The lowest BCUT2D eigenvalue weighted by Crippen LogP contribution is -2.42. The molecule has 2 rings (SSSR count). The van der Waals surface area contributed by atoms with Crippen LogP contribution in [-0.4, -0.2) is 27.1 Å². The van der Waals surface area contributed by atoms with Crippen molar-refractivity contribution in [3.8, 4) is 5.75 Å². The van der Waals surface area contributed by atoms with Crippen molar-refractivity contribution in [1.82, 2.24) is 5.32 Å². The average molecular weight is 371 g/mol. The van der Waals surface area contributed by atoms with Crippen molar-refractivity contribution in [3.05, 3.63) is 52.3 Å². The number of carboxylic acids is 1. The lowest BCUT2D eigenvalue weighted by molar-refractivity contribution is -0.139. The molecule has 24 heavy (non-hydrogen) atoms. The number of nitrogens with one attached hydrogen (secondary N) is 1. The molecule has 0 saturated carbocycles. The number of benzene rings is 1. The minimum Gasteiger partial charge on any atom is -0.508 e. The van der Waals surface area contributed by atoms with E-state index in [0.717, 1.165) is 5.56 Å². The van der Waals surface area contributed by atoms with Crippen molar-refractivity contribution in [2.75, 3.05) is 0 Å². The third-order valence-electron chi connectivity index (χ3n) is 4.32. The highest BCUT2D eigenvalue weighted by Gasteiger charge is 2.38. The minimum atomic E-state index is -1.01. The zero-order valence-electron chi connectivity index (χ0n) is 13.4. The molecule has 0 spiro atoms. The van der Waals surface area contributed by atoms with Crippen LogP contribution >= 0.6 is 23.2 Å². The monoisotopic (exact) mass is 370 g/mol. The first-order valence-corrected chi connectivity index (χ1v) is 8.22. The molecule has 5 N–H and O–H groups in total. The van der Waals surface area contributed by atoms with E-state index in [9.17, 15) is 15.0 Å². The van der Waals surface area contributed by atoms with Gasteiger partial charge in [0.05, 0.1) is 10.6 Å². The number of aromatic hydroxyl groups is 1. The fourth-order valence-corrected chi connectivity index (χ4v) is 3.00. The van der Waals surface area contributed by atoms with Crippen LogP contribution in [0.25, 0.3) is 0 Å². The maximum atomic E-state index is 11.6. The molecule has 1 aromatic carbocycles. The van der Waals surface area contributed by atoms with Gasteiger partial charge in [-0.3, -0.25) is 0 Å². The summed E-state index contributed by atoms with van der Waals surface area (Å²) in [5, 5.41) is 22.2. The molecule has 0 radical (unpaired) electrons. The standard InChI is InChI=1S/C17H20Cl2N2O3/c1-9-15(18)12(8-14(20)17(9,2)19)21-13(16(23)24)7-10-3-5-11(22)6-4-10/h3-6,8-9,13,21-22H,7,20H2,1-2H3,(H,23,24). The molecule has 1 aromatic rings. The molecule has 7 heteroatoms. The van der Waals surface area contributed by atoms with E-state index in [4.69, 9.17) is 28.9 Å². The molecule has 0 saturated heterocycles. The van der Waals surface area contributed by atoms with Gasteiger partial charge in [0.1, 0.15) is 11.8 Å². The number of halogens is 2. The van der Waals surface area contributed by atoms with Crippen LogP contribution < -0.4 is 11.1 Å². The van der Waals surface area contributed by atoms with E-state index >= 15 is 0 Å². The van der Waals surface area contributed by atoms with E-state index in [-0.39, 0.29) is 18.1 Å². The van der Waals surface area contributed by atoms with Crippen LogP contribution in [0, 0.1) is 5.92 Å². The predicted octanol–water partition coefficient (Wildman–Crippen LogP) is 2.92. The fourth-order valence-electron chi connectivity index (χ4n) is 2.45. The highest BCUT2D eigenvalue weighted by atomic mass is 35.5. The zero-order valence-corrected chi connectivity index (χ0v) is 14.9. The lowest BCUT2D eigenvalue weighted by atomic mass is 9.86. The fraction of sp³-hybridized carbons (Fsp3) is 0.353. The van der Waals surface area contributed by atoms with Crippen molar-refractivity contribution < 1.29 is 15.0 Å². The van der Waals surface area contributed by atoms with Crippen molar-refractivity contribution in [3.63, 3.8) is 0 Å². The average Bonchev–Trinajstić information content (AvgIpc) is 2.52. The molecule has 0 aromatic heterocycles. The number of carboxylic acid groups (broad SMARTS) is 1. The van der Waals surface area contributed by atoms with E-state index in [1.165, 1.54) is 12.1 Å². The minimum absolute atomic E-state index is 0.127. The van der Waals surface area contributed by atoms with Crippen molar-refractivity contribution in [1.29, 1.82) is 0 Å². The highest BCUT2D eigenvalue weighted by molar-refractivity contribution is 6.33. The summed E-state index contributed by atoms with van der Waals surface area (Å²) in [5.74, 6) is -1.14. The molecule has 0 fully saturated rings. The number of nitrogens with two attached hydrogens (primary N) is 1. The molecule has 130 valence electrons. The number of carbonyl (C=O) groups is 1. The maximum absolute atomic E-state index is 11.6. The van der Waals surface area contributed by atoms with Crippen molar-refractivity contribution >= 4 is 29.2 Å². The van der Waals surface area contributed by atoms with Gasteiger partial charge in [-0.25, -0.2) is 4.79 Å². The maximum Gasteiger partial charge on any atom is 0.326 e. The Bertz CT molecular complexity index is 696. The third kappa shape index (κ3) is 3.79. The Morgan fingerprint density at radius 2 is 2.00 bits per heavy atom. The van der Waals surface area contributed by atoms with Crippen LogP contribution in [0.1, 0.15) is 19.4 Å². The van der Waals surface area contributed by atoms with Gasteiger partial charge in [-0.15, -0.1) is 11.6 Å². The van der Waals surface area contributed by atoms with E-state index < -0.39 is 16.9 Å². The van der Waals surface area contributed by atoms with Gasteiger partial charge in [-0.1, -0.05) is 30.7 Å². The summed E-state index contributed by atoms with van der Waals surface area (Å²) in [6, 6.07) is 5.48. The summed E-state index contributed by atoms with van der Waals surface area (Å²) in [4.78, 5) is 10.8. The summed E-state index contributed by atoms with van der Waals surface area (Å²) >= 11 is 12.8. The predicted molar refractivity (Wildman–Crippen MR) is 94.9 cm³/mol. The lowest BCUT2D eigenvalue weighted by Gasteiger charge is -2.35. The van der Waals surface area contributed by atoms with Gasteiger partial charge in [0, 0.05) is 23.1 Å². The van der Waals surface area contributed by atoms with Gasteiger partial charge in [0.15, 0.2) is 0 Å². The van der Waals surface area contributed by atoms with Crippen LogP contribution in [0.3, 0.4) is 0 Å². The zero-order chi connectivity index (χ0) is 18.1. The Morgan fingerprint density at radius 3 is 2.54 bits per heavy atom. The molecule has 0 amide bonds. The van der Waals surface area contributed by atoms with Crippen LogP contribution in [-0.2, 0) is 11.2 Å². The number of phenolic OH excluding ortho intramolecular Hbond substituents is 1. The second-order valence-corrected chi connectivity index (χ2v) is 7.26. The quantitative estimate of drug-likeness (QED) is 0.597. The summed E-state index contributed by atoms with van der Waals surface area (Å²) in [6.45, 7) is 3.61. The molecular weight excluding hydrogens is 351 g/mol. The van der Waals surface area contributed by atoms with E-state index in [2.05, 4.69) is 5.32 Å². The Kier molecular flexibility index (Phi) is 5.35. The molecule has 0 bridgehead atoms. The van der Waals surface area contributed by atoms with E-state index in [1.807, 2.05) is 6.92 Å². The SMILES string of the molecule is CC1C(Cl)=C(NC(Cc2ccc(O)cc2)C(=O)O)C=C(N)C1(C)Cl. The first-order chi connectivity index (χ1) is 11.1. The van der Waals surface area contributed by atoms with Crippen molar-refractivity contribution in [2.45, 2.75) is 31.2 Å². The van der Waals surface area contributed by atoms with Crippen LogP contribution in [0.2, 0.25) is 0 Å². The number of phenols is 1. The molecular formula is C17H20Cl2N2O3. The number of rotatable bonds is 5. The van der Waals surface area contributed by atoms with Gasteiger partial charge in [0.2, 0.25) is 0 Å². The van der Waals surface area contributed by atoms with Gasteiger partial charge in [-0.05, 0) is 30.7 Å². The van der Waals surface area contributed by atoms with Gasteiger partial charge >= 0.3 is 5.97 Å². The molecule has 3 unspecified atom stereocenters. The first-order valence-electron chi connectivity index (χ1n) is 7.46. The topological polar surface area (TPSA) is 95.6 Å². The van der Waals surface area contributed by atoms with E-state index in [0.29, 0.717) is 16.4 Å². The highest BCUT2D eigenvalue weighted by Crippen LogP contribution is 2.41. The molecule has 3 atom stereocenters. The van der Waals surface area contributed by atoms with Crippen molar-refractivity contribution in [2.24, 2.45) is 11.7 Å². The van der Waals surface area contributed by atoms with Crippen LogP contribution in [0.5, 0.6) is 5.75 Å². The Labute approximate surface area is 150 Å². The Hall–Kier alpha value is -1.85.